The van der Waals surface area contributed by atoms with E-state index >= 15 is 0 Å². The van der Waals surface area contributed by atoms with Crippen molar-refractivity contribution in [2.75, 3.05) is 0 Å². The van der Waals surface area contributed by atoms with Crippen LogP contribution in [0.1, 0.15) is 36.5 Å². The van der Waals surface area contributed by atoms with Crippen molar-refractivity contribution in [1.29, 1.82) is 0 Å². The zero-order valence-corrected chi connectivity index (χ0v) is 11.4. The Balaban J connectivity index is 2.13. The predicted octanol–water partition coefficient (Wildman–Crippen LogP) is 4.01. The normalized spacial score (nSPS) is 10.9. The van der Waals surface area contributed by atoms with Gasteiger partial charge in [0.1, 0.15) is 11.5 Å². The molecule has 19 heavy (non-hydrogen) atoms. The molecule has 0 radical (unpaired) electrons. The summed E-state index contributed by atoms with van der Waals surface area (Å²) in [6, 6.07) is 12.9. The molecule has 0 aliphatic rings. The second kappa shape index (κ2) is 5.79. The van der Waals surface area contributed by atoms with E-state index in [0.717, 1.165) is 12.8 Å². The third-order valence-electron chi connectivity index (χ3n) is 3.37. The van der Waals surface area contributed by atoms with Crippen LogP contribution in [0.2, 0.25) is 0 Å². The Morgan fingerprint density at radius 1 is 0.842 bits per heavy atom. The van der Waals surface area contributed by atoms with Gasteiger partial charge in [-0.1, -0.05) is 32.0 Å². The van der Waals surface area contributed by atoms with Gasteiger partial charge in [-0.2, -0.15) is 0 Å². The molecule has 0 aliphatic carbocycles. The van der Waals surface area contributed by atoms with E-state index in [-0.39, 0.29) is 0 Å². The molecular weight excluding hydrogens is 236 g/mol. The third kappa shape index (κ3) is 3.50. The van der Waals surface area contributed by atoms with Crippen molar-refractivity contribution in [3.63, 3.8) is 0 Å². The molecule has 2 N–H and O–H groups in total. The first-order valence-corrected chi connectivity index (χ1v) is 6.66. The summed E-state index contributed by atoms with van der Waals surface area (Å²) in [6.07, 6.45) is 1.88. The van der Waals surface area contributed by atoms with E-state index in [2.05, 4.69) is 13.8 Å². The van der Waals surface area contributed by atoms with Gasteiger partial charge >= 0.3 is 0 Å². The van der Waals surface area contributed by atoms with Crippen molar-refractivity contribution in [2.24, 2.45) is 0 Å². The summed E-state index contributed by atoms with van der Waals surface area (Å²) in [5.41, 5.74) is 3.69. The standard InChI is InChI=1S/C17H20O2/c1-12(2)17-11-16(19)10-7-14(17)6-3-13-4-8-15(18)9-5-13/h4-5,7-12,18-19H,3,6H2,1-2H3. The van der Waals surface area contributed by atoms with Gasteiger partial charge in [0, 0.05) is 0 Å². The predicted molar refractivity (Wildman–Crippen MR) is 77.7 cm³/mol. The second-order valence-electron chi connectivity index (χ2n) is 5.20. The van der Waals surface area contributed by atoms with E-state index in [0.29, 0.717) is 17.4 Å². The van der Waals surface area contributed by atoms with Crippen molar-refractivity contribution in [1.82, 2.24) is 0 Å². The van der Waals surface area contributed by atoms with Crippen LogP contribution in [0, 0.1) is 0 Å². The summed E-state index contributed by atoms with van der Waals surface area (Å²) in [4.78, 5) is 0. The van der Waals surface area contributed by atoms with Crippen LogP contribution in [-0.4, -0.2) is 10.2 Å². The highest BCUT2D eigenvalue weighted by Gasteiger charge is 2.08. The molecule has 0 atom stereocenters. The van der Waals surface area contributed by atoms with Gasteiger partial charge in [-0.25, -0.2) is 0 Å². The molecular formula is C17H20O2. The molecule has 0 aromatic heterocycles. The zero-order chi connectivity index (χ0) is 13.8. The fourth-order valence-corrected chi connectivity index (χ4v) is 2.29. The van der Waals surface area contributed by atoms with Gasteiger partial charge in [0.05, 0.1) is 0 Å². The zero-order valence-electron chi connectivity index (χ0n) is 11.4. The fraction of sp³-hybridized carbons (Fsp3) is 0.294. The van der Waals surface area contributed by atoms with Crippen molar-refractivity contribution in [2.45, 2.75) is 32.6 Å². The Morgan fingerprint density at radius 2 is 1.47 bits per heavy atom. The van der Waals surface area contributed by atoms with Crippen LogP contribution in [0.5, 0.6) is 11.5 Å². The lowest BCUT2D eigenvalue weighted by Crippen LogP contribution is -1.98. The Kier molecular flexibility index (Phi) is 4.10. The minimum atomic E-state index is 0.302. The quantitative estimate of drug-likeness (QED) is 0.867. The summed E-state index contributed by atoms with van der Waals surface area (Å²) in [6.45, 7) is 4.28. The number of rotatable bonds is 4. The molecule has 0 bridgehead atoms. The summed E-state index contributed by atoms with van der Waals surface area (Å²) < 4.78 is 0. The molecule has 0 saturated heterocycles. The van der Waals surface area contributed by atoms with Gasteiger partial charge in [0.25, 0.3) is 0 Å². The lowest BCUT2D eigenvalue weighted by Gasteiger charge is -2.13. The average Bonchev–Trinajstić information content (AvgIpc) is 2.39. The molecule has 100 valence electrons. The van der Waals surface area contributed by atoms with Gasteiger partial charge in [0.2, 0.25) is 0 Å². The molecule has 2 nitrogen and oxygen atoms in total. The molecule has 2 rings (SSSR count). The maximum Gasteiger partial charge on any atom is 0.115 e. The van der Waals surface area contributed by atoms with Crippen LogP contribution >= 0.6 is 0 Å². The van der Waals surface area contributed by atoms with Crippen LogP contribution in [0.25, 0.3) is 0 Å². The van der Waals surface area contributed by atoms with Gasteiger partial charge in [-0.15, -0.1) is 0 Å². The number of benzene rings is 2. The van der Waals surface area contributed by atoms with Crippen molar-refractivity contribution >= 4 is 0 Å². The monoisotopic (exact) mass is 256 g/mol. The number of phenols is 2. The van der Waals surface area contributed by atoms with Crippen LogP contribution in [0.15, 0.2) is 42.5 Å². The van der Waals surface area contributed by atoms with Crippen LogP contribution < -0.4 is 0 Å². The second-order valence-corrected chi connectivity index (χ2v) is 5.20. The number of aryl methyl sites for hydroxylation is 2. The van der Waals surface area contributed by atoms with E-state index in [1.165, 1.54) is 16.7 Å². The molecule has 0 amide bonds. The topological polar surface area (TPSA) is 40.5 Å². The van der Waals surface area contributed by atoms with E-state index in [1.54, 1.807) is 18.2 Å². The highest BCUT2D eigenvalue weighted by molar-refractivity contribution is 5.37. The van der Waals surface area contributed by atoms with E-state index in [4.69, 9.17) is 0 Å². The molecule has 0 aliphatic heterocycles. The first kappa shape index (κ1) is 13.5. The molecule has 0 unspecified atom stereocenters. The smallest absolute Gasteiger partial charge is 0.115 e. The highest BCUT2D eigenvalue weighted by Crippen LogP contribution is 2.25. The number of hydrogen-bond donors (Lipinski definition) is 2. The largest absolute Gasteiger partial charge is 0.508 e. The summed E-state index contributed by atoms with van der Waals surface area (Å²) >= 11 is 0. The lowest BCUT2D eigenvalue weighted by molar-refractivity contribution is 0.473. The first-order valence-electron chi connectivity index (χ1n) is 6.66. The average molecular weight is 256 g/mol. The number of aromatic hydroxyl groups is 2. The molecule has 2 aromatic carbocycles. The first-order chi connectivity index (χ1) is 9.06. The molecule has 2 aromatic rings. The van der Waals surface area contributed by atoms with Crippen LogP contribution in [0.4, 0.5) is 0 Å². The molecule has 2 heteroatoms. The van der Waals surface area contributed by atoms with E-state index in [9.17, 15) is 10.2 Å². The maximum atomic E-state index is 9.57. The molecule has 0 saturated carbocycles. The van der Waals surface area contributed by atoms with Gasteiger partial charge < -0.3 is 10.2 Å². The fourth-order valence-electron chi connectivity index (χ4n) is 2.29. The van der Waals surface area contributed by atoms with Crippen LogP contribution in [0.3, 0.4) is 0 Å². The maximum absolute atomic E-state index is 9.57. The Morgan fingerprint density at radius 3 is 2.11 bits per heavy atom. The third-order valence-corrected chi connectivity index (χ3v) is 3.37. The molecule has 0 spiro atoms. The van der Waals surface area contributed by atoms with Crippen molar-refractivity contribution < 1.29 is 10.2 Å². The van der Waals surface area contributed by atoms with E-state index < -0.39 is 0 Å². The number of phenolic OH excluding ortho intramolecular Hbond substituents is 2. The van der Waals surface area contributed by atoms with Gasteiger partial charge in [-0.3, -0.25) is 0 Å². The lowest BCUT2D eigenvalue weighted by atomic mass is 9.93. The van der Waals surface area contributed by atoms with Crippen LogP contribution in [-0.2, 0) is 12.8 Å². The number of hydrogen-bond acceptors (Lipinski definition) is 2. The minimum absolute atomic E-state index is 0.302. The summed E-state index contributed by atoms with van der Waals surface area (Å²) in [7, 11) is 0. The molecule has 0 fully saturated rings. The van der Waals surface area contributed by atoms with Crippen molar-refractivity contribution in [3.8, 4) is 11.5 Å². The van der Waals surface area contributed by atoms with Crippen molar-refractivity contribution in [3.05, 3.63) is 59.2 Å². The van der Waals surface area contributed by atoms with Gasteiger partial charge in [-0.05, 0) is 59.7 Å². The Bertz CT molecular complexity index is 542. The highest BCUT2D eigenvalue weighted by atomic mass is 16.3. The Labute approximate surface area is 114 Å². The minimum Gasteiger partial charge on any atom is -0.508 e. The SMILES string of the molecule is CC(C)c1cc(O)ccc1CCc1ccc(O)cc1. The molecule has 0 heterocycles. The Hall–Kier alpha value is -1.96. The van der Waals surface area contributed by atoms with Gasteiger partial charge in [0.15, 0.2) is 0 Å². The summed E-state index contributed by atoms with van der Waals surface area (Å²) in [5, 5.41) is 18.8. The van der Waals surface area contributed by atoms with E-state index in [1.807, 2.05) is 24.3 Å². The summed E-state index contributed by atoms with van der Waals surface area (Å²) in [5.74, 6) is 1.04.